The first-order chi connectivity index (χ1) is 7.31. The normalized spacial score (nSPS) is 11.0. The number of halogens is 1. The maximum Gasteiger partial charge on any atom is 0.0895 e. The molecule has 2 rings (SSSR count). The van der Waals surface area contributed by atoms with Gasteiger partial charge in [0.25, 0.3) is 0 Å². The van der Waals surface area contributed by atoms with Crippen LogP contribution >= 0.6 is 0 Å². The second-order valence-electron chi connectivity index (χ2n) is 3.58. The molecule has 0 bridgehead atoms. The lowest BCUT2D eigenvalue weighted by molar-refractivity contribution is 0.442. The molecule has 0 aliphatic carbocycles. The molecule has 0 spiro atoms. The second-order valence-corrected chi connectivity index (χ2v) is 3.58. The second kappa shape index (κ2) is 4.29. The van der Waals surface area contributed by atoms with Crippen LogP contribution in [0.5, 0.6) is 0 Å². The number of alkyl halides is 1. The molecule has 1 aromatic heterocycles. The topological polar surface area (TPSA) is 43.8 Å². The van der Waals surface area contributed by atoms with Gasteiger partial charge in [-0.15, -0.1) is 0 Å². The van der Waals surface area contributed by atoms with E-state index in [2.05, 4.69) is 5.10 Å². The number of nitrogens with two attached hydrogens (primary N) is 1. The fraction of sp³-hybridized carbons (Fsp3) is 0.364. The monoisotopic (exact) mass is 207 g/mol. The average Bonchev–Trinajstić information content (AvgIpc) is 2.62. The van der Waals surface area contributed by atoms with E-state index >= 15 is 0 Å². The van der Waals surface area contributed by atoms with Crippen LogP contribution in [0, 0.1) is 0 Å². The Morgan fingerprint density at radius 3 is 3.00 bits per heavy atom. The van der Waals surface area contributed by atoms with Crippen LogP contribution in [0.3, 0.4) is 0 Å². The van der Waals surface area contributed by atoms with E-state index in [9.17, 15) is 4.39 Å². The lowest BCUT2D eigenvalue weighted by atomic mass is 10.2. The Bertz CT molecular complexity index is 450. The highest BCUT2D eigenvalue weighted by atomic mass is 19.1. The number of nitrogen functional groups attached to an aromatic ring is 1. The van der Waals surface area contributed by atoms with E-state index in [-0.39, 0.29) is 6.67 Å². The molecule has 4 heteroatoms. The van der Waals surface area contributed by atoms with Gasteiger partial charge in [-0.25, -0.2) is 0 Å². The Kier molecular flexibility index (Phi) is 2.85. The molecule has 0 atom stereocenters. The highest BCUT2D eigenvalue weighted by Crippen LogP contribution is 2.17. The fourth-order valence-electron chi connectivity index (χ4n) is 1.62. The molecule has 0 fully saturated rings. The molecule has 1 aromatic carbocycles. The van der Waals surface area contributed by atoms with Crippen molar-refractivity contribution in [2.24, 2.45) is 0 Å². The number of unbranched alkanes of at least 4 members (excludes halogenated alkanes) is 1. The molecule has 1 heterocycles. The standard InChI is InChI=1S/C11H14FN3/c12-5-1-2-6-15-11-7-10(13)4-3-9(11)8-14-15/h3-4,7-8H,1-2,5-6,13H2. The first-order valence-corrected chi connectivity index (χ1v) is 5.08. The van der Waals surface area contributed by atoms with Crippen molar-refractivity contribution in [3.63, 3.8) is 0 Å². The molecule has 0 radical (unpaired) electrons. The number of nitrogens with zero attached hydrogens (tertiary/aromatic N) is 2. The van der Waals surface area contributed by atoms with Crippen molar-refractivity contribution in [3.8, 4) is 0 Å². The van der Waals surface area contributed by atoms with Crippen LogP contribution in [-0.2, 0) is 6.54 Å². The Balaban J connectivity index is 2.23. The third kappa shape index (κ3) is 2.09. The fourth-order valence-corrected chi connectivity index (χ4v) is 1.62. The van der Waals surface area contributed by atoms with E-state index in [0.29, 0.717) is 6.42 Å². The van der Waals surface area contributed by atoms with Crippen LogP contribution in [0.2, 0.25) is 0 Å². The molecule has 80 valence electrons. The van der Waals surface area contributed by atoms with Crippen molar-refractivity contribution in [3.05, 3.63) is 24.4 Å². The van der Waals surface area contributed by atoms with Crippen LogP contribution in [0.1, 0.15) is 12.8 Å². The number of hydrogen-bond donors (Lipinski definition) is 1. The summed E-state index contributed by atoms with van der Waals surface area (Å²) in [7, 11) is 0. The van der Waals surface area contributed by atoms with Gasteiger partial charge in [0.1, 0.15) is 0 Å². The molecule has 2 aromatic rings. The SMILES string of the molecule is Nc1ccc2cnn(CCCCF)c2c1. The van der Waals surface area contributed by atoms with Gasteiger partial charge in [-0.3, -0.25) is 9.07 Å². The molecule has 0 amide bonds. The van der Waals surface area contributed by atoms with E-state index in [1.807, 2.05) is 29.1 Å². The summed E-state index contributed by atoms with van der Waals surface area (Å²) in [4.78, 5) is 0. The van der Waals surface area contributed by atoms with Gasteiger partial charge >= 0.3 is 0 Å². The smallest absolute Gasteiger partial charge is 0.0895 e. The number of aryl methyl sites for hydroxylation is 1. The maximum absolute atomic E-state index is 12.0. The Morgan fingerprint density at radius 1 is 1.33 bits per heavy atom. The zero-order chi connectivity index (χ0) is 10.7. The average molecular weight is 207 g/mol. The van der Waals surface area contributed by atoms with Gasteiger partial charge in [-0.05, 0) is 31.0 Å². The van der Waals surface area contributed by atoms with Gasteiger partial charge < -0.3 is 5.73 Å². The summed E-state index contributed by atoms with van der Waals surface area (Å²) in [6.45, 7) is 0.484. The zero-order valence-corrected chi connectivity index (χ0v) is 8.49. The van der Waals surface area contributed by atoms with Crippen LogP contribution in [0.25, 0.3) is 10.9 Å². The lowest BCUT2D eigenvalue weighted by Gasteiger charge is -2.02. The van der Waals surface area contributed by atoms with Crippen molar-refractivity contribution >= 4 is 16.6 Å². The van der Waals surface area contributed by atoms with Gasteiger partial charge in [0.2, 0.25) is 0 Å². The van der Waals surface area contributed by atoms with Gasteiger partial charge in [-0.1, -0.05) is 0 Å². The summed E-state index contributed by atoms with van der Waals surface area (Å²) in [5.74, 6) is 0. The van der Waals surface area contributed by atoms with Crippen LogP contribution in [0.4, 0.5) is 10.1 Å². The number of anilines is 1. The highest BCUT2D eigenvalue weighted by Gasteiger charge is 2.02. The summed E-state index contributed by atoms with van der Waals surface area (Å²) in [5.41, 5.74) is 7.46. The molecule has 0 aliphatic heterocycles. The number of benzene rings is 1. The van der Waals surface area contributed by atoms with Crippen molar-refractivity contribution < 1.29 is 4.39 Å². The minimum absolute atomic E-state index is 0.263. The Hall–Kier alpha value is -1.58. The Morgan fingerprint density at radius 2 is 2.20 bits per heavy atom. The molecule has 2 N–H and O–H groups in total. The van der Waals surface area contributed by atoms with Gasteiger partial charge in [0.05, 0.1) is 18.4 Å². The molecular weight excluding hydrogens is 193 g/mol. The van der Waals surface area contributed by atoms with Crippen LogP contribution in [0.15, 0.2) is 24.4 Å². The van der Waals surface area contributed by atoms with E-state index in [1.165, 1.54) is 0 Å². The molecule has 0 unspecified atom stereocenters. The van der Waals surface area contributed by atoms with Crippen molar-refractivity contribution in [2.75, 3.05) is 12.4 Å². The highest BCUT2D eigenvalue weighted by molar-refractivity contribution is 5.81. The first-order valence-electron chi connectivity index (χ1n) is 5.08. The summed E-state index contributed by atoms with van der Waals surface area (Å²) < 4.78 is 13.8. The quantitative estimate of drug-likeness (QED) is 0.618. The van der Waals surface area contributed by atoms with Crippen LogP contribution < -0.4 is 5.73 Å². The third-order valence-electron chi connectivity index (χ3n) is 2.42. The number of aromatic nitrogens is 2. The van der Waals surface area contributed by atoms with Crippen molar-refractivity contribution in [1.82, 2.24) is 9.78 Å². The predicted octanol–water partition coefficient (Wildman–Crippen LogP) is 2.37. The van der Waals surface area contributed by atoms with Gasteiger partial charge in [0, 0.05) is 17.6 Å². The Labute approximate surface area is 87.7 Å². The summed E-state index contributed by atoms with van der Waals surface area (Å²) >= 11 is 0. The summed E-state index contributed by atoms with van der Waals surface area (Å²) in [5, 5.41) is 5.32. The van der Waals surface area contributed by atoms with Gasteiger partial charge in [0.15, 0.2) is 0 Å². The molecule has 3 nitrogen and oxygen atoms in total. The van der Waals surface area contributed by atoms with E-state index in [0.717, 1.165) is 29.6 Å². The number of hydrogen-bond acceptors (Lipinski definition) is 2. The maximum atomic E-state index is 12.0. The minimum Gasteiger partial charge on any atom is -0.399 e. The largest absolute Gasteiger partial charge is 0.399 e. The summed E-state index contributed by atoms with van der Waals surface area (Å²) in [6, 6.07) is 5.71. The molecule has 15 heavy (non-hydrogen) atoms. The van der Waals surface area contributed by atoms with E-state index < -0.39 is 0 Å². The first kappa shape index (κ1) is 9.96. The predicted molar refractivity (Wildman–Crippen MR) is 59.4 cm³/mol. The lowest BCUT2D eigenvalue weighted by Crippen LogP contribution is -2.00. The van der Waals surface area contributed by atoms with Crippen LogP contribution in [-0.4, -0.2) is 16.5 Å². The zero-order valence-electron chi connectivity index (χ0n) is 8.49. The molecule has 0 saturated heterocycles. The minimum atomic E-state index is -0.263. The van der Waals surface area contributed by atoms with E-state index in [1.54, 1.807) is 0 Å². The third-order valence-corrected chi connectivity index (χ3v) is 2.42. The van der Waals surface area contributed by atoms with Crippen molar-refractivity contribution in [2.45, 2.75) is 19.4 Å². The number of rotatable bonds is 4. The van der Waals surface area contributed by atoms with Crippen molar-refractivity contribution in [1.29, 1.82) is 0 Å². The van der Waals surface area contributed by atoms with Gasteiger partial charge in [-0.2, -0.15) is 5.10 Å². The molecular formula is C11H14FN3. The molecule has 0 saturated carbocycles. The molecule has 0 aliphatic rings. The summed E-state index contributed by atoms with van der Waals surface area (Å²) in [6.07, 6.45) is 3.20. The van der Waals surface area contributed by atoms with E-state index in [4.69, 9.17) is 5.73 Å². The number of fused-ring (bicyclic) bond motifs is 1.